The van der Waals surface area contributed by atoms with Crippen molar-refractivity contribution in [2.45, 2.75) is 45.1 Å². The van der Waals surface area contributed by atoms with Crippen LogP contribution in [0.5, 0.6) is 0 Å². The van der Waals surface area contributed by atoms with Crippen molar-refractivity contribution < 1.29 is 4.92 Å². The first kappa shape index (κ1) is 11.9. The highest BCUT2D eigenvalue weighted by Crippen LogP contribution is 2.27. The second kappa shape index (κ2) is 5.16. The van der Waals surface area contributed by atoms with E-state index in [1.165, 1.54) is 38.3 Å². The van der Waals surface area contributed by atoms with Crippen LogP contribution in [0.4, 0.5) is 11.5 Å². The molecule has 0 radical (unpaired) electrons. The van der Waals surface area contributed by atoms with E-state index in [-0.39, 0.29) is 11.5 Å². The molecule has 2 N–H and O–H groups in total. The van der Waals surface area contributed by atoms with Gasteiger partial charge in [-0.15, -0.1) is 0 Å². The summed E-state index contributed by atoms with van der Waals surface area (Å²) in [6.45, 7) is 0.685. The monoisotopic (exact) mass is 238 g/mol. The zero-order valence-corrected chi connectivity index (χ0v) is 9.84. The Labute approximate surface area is 99.9 Å². The molecule has 6 nitrogen and oxygen atoms in total. The van der Waals surface area contributed by atoms with Crippen LogP contribution in [0.25, 0.3) is 0 Å². The minimum atomic E-state index is -0.487. The van der Waals surface area contributed by atoms with E-state index >= 15 is 0 Å². The predicted molar refractivity (Wildman–Crippen MR) is 64.5 cm³/mol. The number of nitro groups is 1. The Morgan fingerprint density at radius 2 is 2.18 bits per heavy atom. The number of nitrogen functional groups attached to an aromatic ring is 1. The molecule has 1 saturated carbocycles. The van der Waals surface area contributed by atoms with Crippen molar-refractivity contribution in [1.29, 1.82) is 0 Å². The van der Waals surface area contributed by atoms with Gasteiger partial charge in [0.2, 0.25) is 5.82 Å². The molecule has 6 heteroatoms. The Kier molecular flexibility index (Phi) is 3.61. The molecule has 1 aliphatic rings. The van der Waals surface area contributed by atoms with Gasteiger partial charge < -0.3 is 5.73 Å². The summed E-state index contributed by atoms with van der Waals surface area (Å²) in [6, 6.07) is 0. The summed E-state index contributed by atoms with van der Waals surface area (Å²) in [6.07, 6.45) is 8.73. The lowest BCUT2D eigenvalue weighted by atomic mass is 9.87. The summed E-state index contributed by atoms with van der Waals surface area (Å²) in [7, 11) is 0. The van der Waals surface area contributed by atoms with Gasteiger partial charge in [-0.3, -0.25) is 10.1 Å². The summed E-state index contributed by atoms with van der Waals surface area (Å²) in [5.74, 6) is 0.900. The van der Waals surface area contributed by atoms with Crippen LogP contribution < -0.4 is 5.73 Å². The number of anilines is 1. The van der Waals surface area contributed by atoms with E-state index in [2.05, 4.69) is 5.10 Å². The molecule has 0 amide bonds. The number of rotatable bonds is 4. The molecular formula is C11H18N4O2. The standard InChI is InChI=1S/C11H18N4O2/c12-11-10(15(16)17)8-13-14(11)7-6-9-4-2-1-3-5-9/h8-9H,1-7,12H2. The lowest BCUT2D eigenvalue weighted by Crippen LogP contribution is -2.12. The van der Waals surface area contributed by atoms with Crippen LogP contribution in [0.15, 0.2) is 6.20 Å². The van der Waals surface area contributed by atoms with Gasteiger partial charge in [0.05, 0.1) is 4.92 Å². The molecule has 1 fully saturated rings. The number of aromatic nitrogens is 2. The van der Waals surface area contributed by atoms with Crippen LogP contribution in [0, 0.1) is 16.0 Å². The largest absolute Gasteiger partial charge is 0.378 e. The number of nitrogens with two attached hydrogens (primary N) is 1. The molecule has 0 unspecified atom stereocenters. The van der Waals surface area contributed by atoms with E-state index in [9.17, 15) is 10.1 Å². The lowest BCUT2D eigenvalue weighted by molar-refractivity contribution is -0.384. The smallest absolute Gasteiger partial charge is 0.330 e. The molecule has 94 valence electrons. The fourth-order valence-electron chi connectivity index (χ4n) is 2.48. The maximum Gasteiger partial charge on any atom is 0.330 e. The highest BCUT2D eigenvalue weighted by molar-refractivity contribution is 5.51. The van der Waals surface area contributed by atoms with E-state index in [4.69, 9.17) is 5.73 Å². The fourth-order valence-corrected chi connectivity index (χ4v) is 2.48. The van der Waals surface area contributed by atoms with Crippen LogP contribution in [-0.4, -0.2) is 14.7 Å². The summed E-state index contributed by atoms with van der Waals surface area (Å²) in [5.41, 5.74) is 5.59. The maximum atomic E-state index is 10.6. The summed E-state index contributed by atoms with van der Waals surface area (Å²) < 4.78 is 1.55. The van der Waals surface area contributed by atoms with Crippen LogP contribution in [0.3, 0.4) is 0 Å². The van der Waals surface area contributed by atoms with Gasteiger partial charge in [0.15, 0.2) is 0 Å². The Balaban J connectivity index is 1.92. The Morgan fingerprint density at radius 3 is 2.76 bits per heavy atom. The van der Waals surface area contributed by atoms with Crippen LogP contribution in [-0.2, 0) is 6.54 Å². The molecule has 0 atom stereocenters. The number of hydrogen-bond donors (Lipinski definition) is 1. The minimum absolute atomic E-state index is 0.0892. The first-order chi connectivity index (χ1) is 8.18. The topological polar surface area (TPSA) is 87.0 Å². The van der Waals surface area contributed by atoms with Crippen molar-refractivity contribution in [2.75, 3.05) is 5.73 Å². The molecular weight excluding hydrogens is 220 g/mol. The summed E-state index contributed by atoms with van der Waals surface area (Å²) >= 11 is 0. The van der Waals surface area contributed by atoms with Crippen molar-refractivity contribution >= 4 is 11.5 Å². The highest BCUT2D eigenvalue weighted by atomic mass is 16.6. The van der Waals surface area contributed by atoms with E-state index < -0.39 is 4.92 Å². The van der Waals surface area contributed by atoms with Crippen molar-refractivity contribution in [3.63, 3.8) is 0 Å². The summed E-state index contributed by atoms with van der Waals surface area (Å²) in [4.78, 5) is 10.1. The first-order valence-corrected chi connectivity index (χ1v) is 6.14. The average Bonchev–Trinajstić information content (AvgIpc) is 2.69. The van der Waals surface area contributed by atoms with Crippen molar-refractivity contribution in [2.24, 2.45) is 5.92 Å². The molecule has 1 aromatic rings. The molecule has 1 aliphatic carbocycles. The van der Waals surface area contributed by atoms with E-state index in [1.807, 2.05) is 0 Å². The van der Waals surface area contributed by atoms with E-state index in [0.717, 1.165) is 12.3 Å². The van der Waals surface area contributed by atoms with Crippen molar-refractivity contribution in [3.8, 4) is 0 Å². The van der Waals surface area contributed by atoms with Gasteiger partial charge in [0, 0.05) is 6.54 Å². The number of aryl methyl sites for hydroxylation is 1. The third-order valence-corrected chi connectivity index (χ3v) is 3.53. The molecule has 0 aliphatic heterocycles. The minimum Gasteiger partial charge on any atom is -0.378 e. The molecule has 0 bridgehead atoms. The van der Waals surface area contributed by atoms with Gasteiger partial charge in [-0.2, -0.15) is 5.10 Å². The van der Waals surface area contributed by atoms with Gasteiger partial charge in [-0.05, 0) is 12.3 Å². The van der Waals surface area contributed by atoms with Gasteiger partial charge in [0.25, 0.3) is 0 Å². The lowest BCUT2D eigenvalue weighted by Gasteiger charge is -2.21. The molecule has 0 aromatic carbocycles. The zero-order valence-electron chi connectivity index (χ0n) is 9.84. The Morgan fingerprint density at radius 1 is 1.47 bits per heavy atom. The van der Waals surface area contributed by atoms with E-state index in [0.29, 0.717) is 6.54 Å². The molecule has 0 saturated heterocycles. The third kappa shape index (κ3) is 2.75. The Bertz CT molecular complexity index is 396. The SMILES string of the molecule is Nc1c([N+](=O)[O-])cnn1CCC1CCCCC1. The van der Waals surface area contributed by atoms with Crippen LogP contribution in [0.1, 0.15) is 38.5 Å². The fraction of sp³-hybridized carbons (Fsp3) is 0.727. The molecule has 0 spiro atoms. The molecule has 1 aromatic heterocycles. The molecule has 1 heterocycles. The van der Waals surface area contributed by atoms with Gasteiger partial charge in [-0.1, -0.05) is 32.1 Å². The van der Waals surface area contributed by atoms with Crippen LogP contribution >= 0.6 is 0 Å². The van der Waals surface area contributed by atoms with Gasteiger partial charge >= 0.3 is 5.69 Å². The quantitative estimate of drug-likeness (QED) is 0.644. The maximum absolute atomic E-state index is 10.6. The number of nitrogens with zero attached hydrogens (tertiary/aromatic N) is 3. The van der Waals surface area contributed by atoms with Crippen molar-refractivity contribution in [3.05, 3.63) is 16.3 Å². The summed E-state index contributed by atoms with van der Waals surface area (Å²) in [5, 5.41) is 14.6. The second-order valence-corrected chi connectivity index (χ2v) is 4.69. The van der Waals surface area contributed by atoms with Crippen molar-refractivity contribution in [1.82, 2.24) is 9.78 Å². The average molecular weight is 238 g/mol. The molecule has 2 rings (SSSR count). The first-order valence-electron chi connectivity index (χ1n) is 6.14. The predicted octanol–water partition coefficient (Wildman–Crippen LogP) is 2.34. The Hall–Kier alpha value is -1.59. The second-order valence-electron chi connectivity index (χ2n) is 4.69. The molecule has 17 heavy (non-hydrogen) atoms. The number of hydrogen-bond acceptors (Lipinski definition) is 4. The normalized spacial score (nSPS) is 17.2. The zero-order chi connectivity index (χ0) is 12.3. The third-order valence-electron chi connectivity index (χ3n) is 3.53. The van der Waals surface area contributed by atoms with Gasteiger partial charge in [0.1, 0.15) is 6.20 Å². The van der Waals surface area contributed by atoms with Gasteiger partial charge in [-0.25, -0.2) is 4.68 Å². The van der Waals surface area contributed by atoms with E-state index in [1.54, 1.807) is 4.68 Å². The van der Waals surface area contributed by atoms with Crippen LogP contribution in [0.2, 0.25) is 0 Å². The highest BCUT2D eigenvalue weighted by Gasteiger charge is 2.19.